The van der Waals surface area contributed by atoms with E-state index < -0.39 is 23.6 Å². The van der Waals surface area contributed by atoms with Gasteiger partial charge in [-0.25, -0.2) is 4.68 Å². The SMILES string of the molecule is CCCN(CC(=O)Nc1cc(C(C)(C)C)nn1-c1cccc(C)c1)C(=O)c1cccc(C(F)(F)F)c1. The fourth-order valence-corrected chi connectivity index (χ4v) is 3.68. The molecule has 0 atom stereocenters. The minimum atomic E-state index is -4.57. The maximum Gasteiger partial charge on any atom is 0.416 e. The van der Waals surface area contributed by atoms with Crippen LogP contribution in [0.1, 0.15) is 61.3 Å². The Labute approximate surface area is 209 Å². The zero-order chi connectivity index (χ0) is 26.7. The Hall–Kier alpha value is -3.62. The van der Waals surface area contributed by atoms with Crippen molar-refractivity contribution in [3.63, 3.8) is 0 Å². The predicted molar refractivity (Wildman–Crippen MR) is 133 cm³/mol. The number of amides is 2. The molecule has 0 aliphatic heterocycles. The smallest absolute Gasteiger partial charge is 0.329 e. The number of hydrogen-bond donors (Lipinski definition) is 1. The molecule has 3 rings (SSSR count). The third kappa shape index (κ3) is 6.53. The summed E-state index contributed by atoms with van der Waals surface area (Å²) in [5, 5.41) is 7.53. The van der Waals surface area contributed by atoms with Crippen molar-refractivity contribution in [2.75, 3.05) is 18.4 Å². The molecule has 0 aliphatic rings. The molecule has 1 N–H and O–H groups in total. The van der Waals surface area contributed by atoms with Crippen molar-refractivity contribution in [3.8, 4) is 5.69 Å². The van der Waals surface area contributed by atoms with Gasteiger partial charge in [0.15, 0.2) is 0 Å². The first-order valence-electron chi connectivity index (χ1n) is 11.7. The number of aryl methyl sites for hydroxylation is 1. The van der Waals surface area contributed by atoms with E-state index in [9.17, 15) is 22.8 Å². The summed E-state index contributed by atoms with van der Waals surface area (Å²) >= 11 is 0. The van der Waals surface area contributed by atoms with Gasteiger partial charge in [-0.1, -0.05) is 45.9 Å². The highest BCUT2D eigenvalue weighted by Gasteiger charge is 2.31. The average Bonchev–Trinajstić information content (AvgIpc) is 3.22. The van der Waals surface area contributed by atoms with Crippen molar-refractivity contribution >= 4 is 17.6 Å². The lowest BCUT2D eigenvalue weighted by Crippen LogP contribution is -2.38. The molecule has 0 spiro atoms. The van der Waals surface area contributed by atoms with Gasteiger partial charge in [0, 0.05) is 23.6 Å². The molecule has 0 unspecified atom stereocenters. The lowest BCUT2D eigenvalue weighted by molar-refractivity contribution is -0.137. The quantitative estimate of drug-likeness (QED) is 0.434. The Balaban J connectivity index is 1.86. The molecule has 0 saturated carbocycles. The lowest BCUT2D eigenvalue weighted by Gasteiger charge is -2.22. The highest BCUT2D eigenvalue weighted by molar-refractivity contribution is 5.99. The van der Waals surface area contributed by atoms with E-state index in [1.807, 2.05) is 58.9 Å². The minimum Gasteiger partial charge on any atom is -0.329 e. The van der Waals surface area contributed by atoms with Crippen LogP contribution >= 0.6 is 0 Å². The number of rotatable bonds is 7. The van der Waals surface area contributed by atoms with Crippen molar-refractivity contribution in [1.29, 1.82) is 0 Å². The topological polar surface area (TPSA) is 67.2 Å². The summed E-state index contributed by atoms with van der Waals surface area (Å²) < 4.78 is 41.0. The van der Waals surface area contributed by atoms with Gasteiger partial charge < -0.3 is 10.2 Å². The van der Waals surface area contributed by atoms with E-state index in [0.717, 1.165) is 29.1 Å². The first kappa shape index (κ1) is 27.0. The third-order valence-corrected chi connectivity index (χ3v) is 5.54. The second-order valence-electron chi connectivity index (χ2n) is 9.77. The number of alkyl halides is 3. The van der Waals surface area contributed by atoms with Crippen LogP contribution in [0.2, 0.25) is 0 Å². The molecule has 2 aromatic carbocycles. The molecule has 6 nitrogen and oxygen atoms in total. The van der Waals surface area contributed by atoms with E-state index in [1.165, 1.54) is 17.0 Å². The molecule has 3 aromatic rings. The van der Waals surface area contributed by atoms with Crippen molar-refractivity contribution < 1.29 is 22.8 Å². The van der Waals surface area contributed by atoms with Gasteiger partial charge in [-0.05, 0) is 49.2 Å². The number of anilines is 1. The first-order chi connectivity index (χ1) is 16.8. The monoisotopic (exact) mass is 500 g/mol. The molecule has 192 valence electrons. The molecule has 1 heterocycles. The highest BCUT2D eigenvalue weighted by Crippen LogP contribution is 2.30. The number of nitrogens with zero attached hydrogens (tertiary/aromatic N) is 3. The van der Waals surface area contributed by atoms with Crippen LogP contribution in [0.4, 0.5) is 19.0 Å². The average molecular weight is 501 g/mol. The molecular weight excluding hydrogens is 469 g/mol. The zero-order valence-electron chi connectivity index (χ0n) is 21.1. The van der Waals surface area contributed by atoms with Gasteiger partial charge in [0.05, 0.1) is 16.9 Å². The maximum atomic E-state index is 13.1. The first-order valence-corrected chi connectivity index (χ1v) is 11.7. The summed E-state index contributed by atoms with van der Waals surface area (Å²) in [6.07, 6.45) is -4.03. The van der Waals surface area contributed by atoms with E-state index in [0.29, 0.717) is 12.2 Å². The van der Waals surface area contributed by atoms with Crippen molar-refractivity contribution in [3.05, 3.63) is 77.0 Å². The molecule has 0 saturated heterocycles. The normalized spacial score (nSPS) is 11.9. The molecule has 2 amide bonds. The van der Waals surface area contributed by atoms with Crippen LogP contribution < -0.4 is 5.32 Å². The van der Waals surface area contributed by atoms with Gasteiger partial charge in [-0.15, -0.1) is 0 Å². The Bertz CT molecular complexity index is 1240. The highest BCUT2D eigenvalue weighted by atomic mass is 19.4. The molecule has 9 heteroatoms. The lowest BCUT2D eigenvalue weighted by atomic mass is 9.92. The van der Waals surface area contributed by atoms with E-state index >= 15 is 0 Å². The summed E-state index contributed by atoms with van der Waals surface area (Å²) in [4.78, 5) is 27.3. The molecule has 1 aromatic heterocycles. The Morgan fingerprint density at radius 1 is 1.03 bits per heavy atom. The summed E-state index contributed by atoms with van der Waals surface area (Å²) in [7, 11) is 0. The van der Waals surface area contributed by atoms with Crippen molar-refractivity contribution in [1.82, 2.24) is 14.7 Å². The van der Waals surface area contributed by atoms with Crippen LogP contribution in [0, 0.1) is 6.92 Å². The van der Waals surface area contributed by atoms with Crippen LogP contribution in [0.3, 0.4) is 0 Å². The number of halogens is 3. The molecular formula is C27H31F3N4O2. The predicted octanol–water partition coefficient (Wildman–Crippen LogP) is 5.99. The Morgan fingerprint density at radius 2 is 1.72 bits per heavy atom. The number of carbonyl (C=O) groups is 2. The largest absolute Gasteiger partial charge is 0.416 e. The zero-order valence-corrected chi connectivity index (χ0v) is 21.1. The van der Waals surface area contributed by atoms with Gasteiger partial charge in [-0.2, -0.15) is 18.3 Å². The second kappa shape index (κ2) is 10.6. The maximum absolute atomic E-state index is 13.1. The number of carbonyl (C=O) groups excluding carboxylic acids is 2. The van der Waals surface area contributed by atoms with E-state index in [1.54, 1.807) is 10.7 Å². The van der Waals surface area contributed by atoms with Crippen molar-refractivity contribution in [2.45, 2.75) is 52.6 Å². The fraction of sp³-hybridized carbons (Fsp3) is 0.370. The van der Waals surface area contributed by atoms with Crippen LogP contribution in [0.15, 0.2) is 54.6 Å². The number of aromatic nitrogens is 2. The van der Waals surface area contributed by atoms with E-state index in [4.69, 9.17) is 5.10 Å². The van der Waals surface area contributed by atoms with Gasteiger partial charge in [0.2, 0.25) is 5.91 Å². The standard InChI is InChI=1S/C27H31F3N4O2/c1-6-13-33(25(36)19-10-8-11-20(15-19)27(28,29)30)17-24(35)31-23-16-22(26(3,4)5)32-34(23)21-12-7-9-18(2)14-21/h7-12,14-16H,6,13,17H2,1-5H3,(H,31,35). The third-order valence-electron chi connectivity index (χ3n) is 5.54. The molecule has 0 aliphatic carbocycles. The Kier molecular flexibility index (Phi) is 7.91. The van der Waals surface area contributed by atoms with Gasteiger partial charge in [-0.3, -0.25) is 9.59 Å². The summed E-state index contributed by atoms with van der Waals surface area (Å²) in [5.41, 5.74) is 1.26. The Morgan fingerprint density at radius 3 is 2.33 bits per heavy atom. The summed E-state index contributed by atoms with van der Waals surface area (Å²) in [5.74, 6) is -0.669. The minimum absolute atomic E-state index is 0.120. The molecule has 36 heavy (non-hydrogen) atoms. The number of hydrogen-bond acceptors (Lipinski definition) is 3. The second-order valence-corrected chi connectivity index (χ2v) is 9.77. The van der Waals surface area contributed by atoms with Gasteiger partial charge in [0.1, 0.15) is 12.4 Å². The van der Waals surface area contributed by atoms with Crippen molar-refractivity contribution in [2.24, 2.45) is 0 Å². The summed E-state index contributed by atoms with van der Waals surface area (Å²) in [6, 6.07) is 13.7. The summed E-state index contributed by atoms with van der Waals surface area (Å²) in [6.45, 7) is 9.72. The van der Waals surface area contributed by atoms with Crippen LogP contribution in [-0.2, 0) is 16.4 Å². The molecule has 0 fully saturated rings. The van der Waals surface area contributed by atoms with Crippen LogP contribution in [-0.4, -0.2) is 39.6 Å². The van der Waals surface area contributed by atoms with E-state index in [-0.39, 0.29) is 24.1 Å². The van der Waals surface area contributed by atoms with Crippen LogP contribution in [0.5, 0.6) is 0 Å². The van der Waals surface area contributed by atoms with Crippen LogP contribution in [0.25, 0.3) is 5.69 Å². The van der Waals surface area contributed by atoms with E-state index in [2.05, 4.69) is 5.32 Å². The molecule has 0 bridgehead atoms. The number of nitrogens with one attached hydrogen (secondary N) is 1. The molecule has 0 radical (unpaired) electrons. The fourth-order valence-electron chi connectivity index (χ4n) is 3.68. The van der Waals surface area contributed by atoms with Gasteiger partial charge in [0.25, 0.3) is 5.91 Å². The van der Waals surface area contributed by atoms with Gasteiger partial charge >= 0.3 is 6.18 Å². The number of benzene rings is 2.